The van der Waals surface area contributed by atoms with Crippen LogP contribution < -0.4 is 49.1 Å². The maximum atomic E-state index is 13.0. The predicted molar refractivity (Wildman–Crippen MR) is 185 cm³/mol. The molecule has 5 amide bonds. The highest BCUT2D eigenvalue weighted by molar-refractivity contribution is 8.00. The lowest BCUT2D eigenvalue weighted by Crippen LogP contribution is -2.47. The fourth-order valence-corrected chi connectivity index (χ4v) is 7.16. The smallest absolute Gasteiger partial charge is 0.315 e. The van der Waals surface area contributed by atoms with Gasteiger partial charge in [0.25, 0.3) is 0 Å². The largest absolute Gasteiger partial charge is 0.370 e. The summed E-state index contributed by atoms with van der Waals surface area (Å²) in [5, 5.41) is 18.6. The van der Waals surface area contributed by atoms with E-state index in [2.05, 4.69) is 36.9 Å². The van der Waals surface area contributed by atoms with Gasteiger partial charge in [0.15, 0.2) is 5.96 Å². The molecule has 2 saturated heterocycles. The zero-order valence-corrected chi connectivity index (χ0v) is 28.4. The highest BCUT2D eigenvalue weighted by Gasteiger charge is 2.42. The first kappa shape index (κ1) is 39.4. The first-order valence-electron chi connectivity index (χ1n) is 17.3. The van der Waals surface area contributed by atoms with Crippen molar-refractivity contribution in [2.45, 2.75) is 120 Å². The lowest BCUT2D eigenvalue weighted by Gasteiger charge is -2.19. The summed E-state index contributed by atoms with van der Waals surface area (Å²) in [5.74, 6) is 0.780. The van der Waals surface area contributed by atoms with Crippen LogP contribution in [0.25, 0.3) is 0 Å². The minimum atomic E-state index is -0.597. The van der Waals surface area contributed by atoms with Gasteiger partial charge in [0.2, 0.25) is 17.7 Å². The van der Waals surface area contributed by atoms with E-state index in [1.807, 2.05) is 11.8 Å². The van der Waals surface area contributed by atoms with Gasteiger partial charge in [-0.25, -0.2) is 4.79 Å². The number of fused-ring (bicyclic) bond motifs is 1. The maximum Gasteiger partial charge on any atom is 0.315 e. The summed E-state index contributed by atoms with van der Waals surface area (Å²) in [6, 6.07) is -0.248. The van der Waals surface area contributed by atoms with Crippen molar-refractivity contribution < 1.29 is 19.2 Å². The Kier molecular flexibility index (Phi) is 20.9. The van der Waals surface area contributed by atoms with Crippen LogP contribution >= 0.6 is 11.8 Å². The number of amides is 5. The number of nitrogens with one attached hydrogen (secondary N) is 6. The van der Waals surface area contributed by atoms with Gasteiger partial charge in [-0.3, -0.25) is 19.4 Å². The second-order valence-electron chi connectivity index (χ2n) is 12.2. The number of thioether (sulfide) groups is 1. The average Bonchev–Trinajstić information content (AvgIpc) is 3.58. The Balaban J connectivity index is 1.62. The zero-order chi connectivity index (χ0) is 33.4. The number of aliphatic imine (C=N–C) groups is 1. The lowest BCUT2D eigenvalue weighted by atomic mass is 10.0. The molecule has 4 atom stereocenters. The van der Waals surface area contributed by atoms with Gasteiger partial charge in [-0.1, -0.05) is 19.3 Å². The zero-order valence-electron chi connectivity index (χ0n) is 27.6. The average molecular weight is 669 g/mol. The third-order valence-electron chi connectivity index (χ3n) is 8.22. The SMILES string of the molecule is NCCCNCCCCNC(=O)[C@H](CCCCNC(=O)CCCCC1SCC2NC(=O)NC21)NC(=O)CCCCCCN=C(N)N. The van der Waals surface area contributed by atoms with Crippen molar-refractivity contribution in [3.8, 4) is 0 Å². The molecule has 0 aliphatic carbocycles. The molecule has 46 heavy (non-hydrogen) atoms. The summed E-state index contributed by atoms with van der Waals surface area (Å²) in [6.45, 7) is 4.13. The molecule has 2 fully saturated rings. The van der Waals surface area contributed by atoms with Gasteiger partial charge >= 0.3 is 6.03 Å². The molecular weight excluding hydrogens is 608 g/mol. The van der Waals surface area contributed by atoms with Gasteiger partial charge in [-0.05, 0) is 83.8 Å². The van der Waals surface area contributed by atoms with Gasteiger partial charge in [0.1, 0.15) is 6.04 Å². The molecule has 2 aliphatic heterocycles. The summed E-state index contributed by atoms with van der Waals surface area (Å²) >= 11 is 1.89. The van der Waals surface area contributed by atoms with Crippen LogP contribution in [0.5, 0.6) is 0 Å². The molecule has 0 saturated carbocycles. The number of unbranched alkanes of at least 4 members (excludes halogenated alkanes) is 6. The minimum absolute atomic E-state index is 0.0335. The van der Waals surface area contributed by atoms with Crippen LogP contribution in [-0.2, 0) is 14.4 Å². The first-order chi connectivity index (χ1) is 22.3. The normalized spacial score (nSPS) is 19.1. The summed E-state index contributed by atoms with van der Waals surface area (Å²) in [7, 11) is 0. The van der Waals surface area contributed by atoms with E-state index in [4.69, 9.17) is 17.2 Å². The van der Waals surface area contributed by atoms with Gasteiger partial charge in [0.05, 0.1) is 12.1 Å². The van der Waals surface area contributed by atoms with Crippen LogP contribution in [0.1, 0.15) is 96.3 Å². The van der Waals surface area contributed by atoms with Crippen molar-refractivity contribution in [1.29, 1.82) is 0 Å². The molecule has 2 aliphatic rings. The quantitative estimate of drug-likeness (QED) is 0.0257. The molecule has 0 aromatic heterocycles. The number of carbonyl (C=O) groups is 4. The number of urea groups is 1. The van der Waals surface area contributed by atoms with Gasteiger partial charge in [0, 0.05) is 43.5 Å². The molecule has 2 heterocycles. The molecule has 14 nitrogen and oxygen atoms in total. The number of hydrogen-bond donors (Lipinski definition) is 9. The van der Waals surface area contributed by atoms with Crippen LogP contribution in [0.2, 0.25) is 0 Å². The van der Waals surface area contributed by atoms with Crippen molar-refractivity contribution in [3.63, 3.8) is 0 Å². The Labute approximate surface area is 279 Å². The molecule has 0 aromatic carbocycles. The Bertz CT molecular complexity index is 937. The van der Waals surface area contributed by atoms with E-state index < -0.39 is 6.04 Å². The highest BCUT2D eigenvalue weighted by Crippen LogP contribution is 2.33. The van der Waals surface area contributed by atoms with E-state index in [0.717, 1.165) is 89.5 Å². The Morgan fingerprint density at radius 2 is 1.52 bits per heavy atom. The summed E-state index contributed by atoms with van der Waals surface area (Å²) in [5.41, 5.74) is 16.2. The van der Waals surface area contributed by atoms with Crippen molar-refractivity contribution in [1.82, 2.24) is 31.9 Å². The predicted octanol–water partition coefficient (Wildman–Crippen LogP) is 0.542. The van der Waals surface area contributed by atoms with E-state index in [1.165, 1.54) is 0 Å². The molecule has 2 rings (SSSR count). The number of nitrogens with two attached hydrogens (primary N) is 3. The molecule has 15 heteroatoms. The summed E-state index contributed by atoms with van der Waals surface area (Å²) in [6.07, 6.45) is 11.7. The van der Waals surface area contributed by atoms with E-state index in [-0.39, 0.29) is 41.8 Å². The van der Waals surface area contributed by atoms with Crippen LogP contribution in [-0.4, -0.2) is 98.1 Å². The molecule has 12 N–H and O–H groups in total. The number of guanidine groups is 1. The summed E-state index contributed by atoms with van der Waals surface area (Å²) < 4.78 is 0. The Morgan fingerprint density at radius 3 is 2.33 bits per heavy atom. The molecule has 0 spiro atoms. The number of carbonyl (C=O) groups excluding carboxylic acids is 4. The molecule has 3 unspecified atom stereocenters. The number of rotatable bonds is 27. The van der Waals surface area contributed by atoms with Gasteiger partial charge in [-0.15, -0.1) is 0 Å². The molecule has 0 bridgehead atoms. The Hall–Kier alpha value is -2.78. The van der Waals surface area contributed by atoms with E-state index in [9.17, 15) is 19.2 Å². The van der Waals surface area contributed by atoms with Crippen molar-refractivity contribution in [3.05, 3.63) is 0 Å². The minimum Gasteiger partial charge on any atom is -0.370 e. The van der Waals surface area contributed by atoms with Crippen LogP contribution in [0, 0.1) is 0 Å². The molecule has 0 aromatic rings. The van der Waals surface area contributed by atoms with Crippen LogP contribution in [0.15, 0.2) is 4.99 Å². The standard InChI is InChI=1S/C31H60N10O4S/c32-16-11-18-35-17-9-10-20-37-29(44)23(39-27(43)15-3-1-2-7-21-38-30(33)34)12-6-8-19-36-26(42)14-5-4-13-25-28-24(22-46-25)40-31(45)41-28/h23-25,28,35H,1-22,32H2,(H,36,42)(H,37,44)(H,39,43)(H4,33,34,38)(H2,40,41,45)/t23-,24?,25?,28?/m0/s1. The fraction of sp³-hybridized carbons (Fsp3) is 0.839. The third kappa shape index (κ3) is 17.8. The number of nitrogens with zero attached hydrogens (tertiary/aromatic N) is 1. The maximum absolute atomic E-state index is 13.0. The molecular formula is C31H60N10O4S. The second kappa shape index (κ2) is 24.4. The van der Waals surface area contributed by atoms with Gasteiger partial charge < -0.3 is 49.1 Å². The third-order valence-corrected chi connectivity index (χ3v) is 9.73. The van der Waals surface area contributed by atoms with E-state index in [1.54, 1.807) is 0 Å². The van der Waals surface area contributed by atoms with E-state index in [0.29, 0.717) is 57.1 Å². The monoisotopic (exact) mass is 668 g/mol. The Morgan fingerprint density at radius 1 is 0.826 bits per heavy atom. The van der Waals surface area contributed by atoms with Crippen LogP contribution in [0.3, 0.4) is 0 Å². The van der Waals surface area contributed by atoms with E-state index >= 15 is 0 Å². The van der Waals surface area contributed by atoms with Gasteiger partial charge in [-0.2, -0.15) is 11.8 Å². The lowest BCUT2D eigenvalue weighted by molar-refractivity contribution is -0.129. The fourth-order valence-electron chi connectivity index (χ4n) is 5.62. The van der Waals surface area contributed by atoms with Crippen molar-refractivity contribution in [2.24, 2.45) is 22.2 Å². The van der Waals surface area contributed by atoms with Crippen molar-refractivity contribution in [2.75, 3.05) is 45.0 Å². The highest BCUT2D eigenvalue weighted by atomic mass is 32.2. The summed E-state index contributed by atoms with van der Waals surface area (Å²) in [4.78, 5) is 53.5. The molecule has 264 valence electrons. The number of hydrogen-bond acceptors (Lipinski definition) is 8. The molecule has 0 radical (unpaired) electrons. The van der Waals surface area contributed by atoms with Crippen molar-refractivity contribution >= 4 is 41.5 Å². The second-order valence-corrected chi connectivity index (χ2v) is 13.5. The van der Waals surface area contributed by atoms with Crippen LogP contribution in [0.4, 0.5) is 4.79 Å². The topological polar surface area (TPSA) is 231 Å². The first-order valence-corrected chi connectivity index (χ1v) is 18.3.